The summed E-state index contributed by atoms with van der Waals surface area (Å²) in [6.45, 7) is 0. The van der Waals surface area contributed by atoms with Gasteiger partial charge in [-0.3, -0.25) is 9.59 Å². The molecule has 0 N–H and O–H groups in total. The summed E-state index contributed by atoms with van der Waals surface area (Å²) in [5.41, 5.74) is 0.106. The lowest BCUT2D eigenvalue weighted by Crippen LogP contribution is -2.40. The number of nitrogens with zero attached hydrogens (tertiary/aromatic N) is 1. The van der Waals surface area contributed by atoms with E-state index >= 15 is 0 Å². The Morgan fingerprint density at radius 3 is 2.10 bits per heavy atom. The van der Waals surface area contributed by atoms with Crippen LogP contribution in [0.15, 0.2) is 36.4 Å². The maximum Gasteiger partial charge on any atom is 0.238 e. The summed E-state index contributed by atoms with van der Waals surface area (Å²) < 4.78 is 14.0. The number of benzene rings is 1. The van der Waals surface area contributed by atoms with Gasteiger partial charge in [0.2, 0.25) is 11.8 Å². The molecule has 3 fully saturated rings. The number of carbonyl (C=O) groups is 2. The zero-order chi connectivity index (χ0) is 14.3. The predicted octanol–water partition coefficient (Wildman–Crippen LogP) is 2.38. The van der Waals surface area contributed by atoms with Crippen LogP contribution >= 0.6 is 0 Å². The van der Waals surface area contributed by atoms with E-state index in [9.17, 15) is 14.0 Å². The van der Waals surface area contributed by atoms with Crippen molar-refractivity contribution in [2.75, 3.05) is 4.90 Å². The summed E-state index contributed by atoms with van der Waals surface area (Å²) in [6.07, 6.45) is 5.38. The molecule has 6 rings (SSSR count). The van der Waals surface area contributed by atoms with Crippen molar-refractivity contribution >= 4 is 17.5 Å². The van der Waals surface area contributed by atoms with Gasteiger partial charge < -0.3 is 0 Å². The van der Waals surface area contributed by atoms with Crippen LogP contribution in [0.3, 0.4) is 0 Å². The lowest BCUT2D eigenvalue weighted by atomic mass is 9.63. The second-order valence-corrected chi connectivity index (χ2v) is 6.62. The Kier molecular flexibility index (Phi) is 2.01. The van der Waals surface area contributed by atoms with Crippen molar-refractivity contribution in [3.05, 3.63) is 42.2 Å². The molecule has 1 aromatic carbocycles. The van der Waals surface area contributed by atoms with Crippen LogP contribution in [0, 0.1) is 41.3 Å². The first-order chi connectivity index (χ1) is 10.2. The van der Waals surface area contributed by atoms with Crippen LogP contribution in [0.4, 0.5) is 10.1 Å². The van der Waals surface area contributed by atoms with Gasteiger partial charge in [0, 0.05) is 0 Å². The minimum Gasteiger partial charge on any atom is -0.274 e. The zero-order valence-corrected chi connectivity index (χ0v) is 11.3. The number of halogens is 1. The molecule has 106 valence electrons. The third-order valence-electron chi connectivity index (χ3n) is 5.76. The van der Waals surface area contributed by atoms with Gasteiger partial charge in [-0.25, -0.2) is 9.29 Å². The highest BCUT2D eigenvalue weighted by atomic mass is 19.1. The summed E-state index contributed by atoms with van der Waals surface area (Å²) >= 11 is 0. The first-order valence-electron chi connectivity index (χ1n) is 7.49. The van der Waals surface area contributed by atoms with Gasteiger partial charge in [0.05, 0.1) is 17.5 Å². The highest BCUT2D eigenvalue weighted by Crippen LogP contribution is 2.65. The van der Waals surface area contributed by atoms with Crippen LogP contribution in [0.1, 0.15) is 6.42 Å². The number of rotatable bonds is 1. The molecule has 2 amide bonds. The van der Waals surface area contributed by atoms with Gasteiger partial charge in [-0.1, -0.05) is 24.3 Å². The smallest absolute Gasteiger partial charge is 0.238 e. The van der Waals surface area contributed by atoms with Crippen LogP contribution in [-0.2, 0) is 9.59 Å². The monoisotopic (exact) mass is 283 g/mol. The summed E-state index contributed by atoms with van der Waals surface area (Å²) in [4.78, 5) is 26.6. The maximum absolute atomic E-state index is 14.0. The van der Waals surface area contributed by atoms with Crippen molar-refractivity contribution < 1.29 is 14.0 Å². The van der Waals surface area contributed by atoms with Crippen LogP contribution in [0.25, 0.3) is 0 Å². The molecule has 4 aliphatic carbocycles. The van der Waals surface area contributed by atoms with Crippen molar-refractivity contribution in [2.24, 2.45) is 35.5 Å². The summed E-state index contributed by atoms with van der Waals surface area (Å²) in [5.74, 6) is 0.0308. The Morgan fingerprint density at radius 1 is 0.952 bits per heavy atom. The molecular weight excluding hydrogens is 269 g/mol. The Bertz CT molecular complexity index is 676. The van der Waals surface area contributed by atoms with E-state index < -0.39 is 5.82 Å². The molecule has 1 aromatic rings. The molecule has 6 atom stereocenters. The van der Waals surface area contributed by atoms with E-state index in [1.54, 1.807) is 12.1 Å². The van der Waals surface area contributed by atoms with E-state index in [4.69, 9.17) is 0 Å². The molecule has 0 spiro atoms. The highest BCUT2D eigenvalue weighted by Gasteiger charge is 2.67. The van der Waals surface area contributed by atoms with Crippen molar-refractivity contribution in [1.29, 1.82) is 0 Å². The van der Waals surface area contributed by atoms with Crippen LogP contribution < -0.4 is 4.90 Å². The van der Waals surface area contributed by atoms with Crippen molar-refractivity contribution in [2.45, 2.75) is 6.42 Å². The van der Waals surface area contributed by atoms with E-state index in [2.05, 4.69) is 12.2 Å². The largest absolute Gasteiger partial charge is 0.274 e. The topological polar surface area (TPSA) is 37.4 Å². The number of hydrogen-bond acceptors (Lipinski definition) is 2. The number of carbonyl (C=O) groups excluding carboxylic acids is 2. The highest BCUT2D eigenvalue weighted by molar-refractivity contribution is 6.22. The number of para-hydroxylation sites is 1. The van der Waals surface area contributed by atoms with E-state index in [1.165, 1.54) is 12.1 Å². The molecule has 0 radical (unpaired) electrons. The number of allylic oxidation sites excluding steroid dienone is 2. The normalized spacial score (nSPS) is 42.2. The van der Waals surface area contributed by atoms with Gasteiger partial charge in [0.15, 0.2) is 0 Å². The molecule has 3 nitrogen and oxygen atoms in total. The molecule has 21 heavy (non-hydrogen) atoms. The minimum absolute atomic E-state index is 0.106. The van der Waals surface area contributed by atoms with Gasteiger partial charge >= 0.3 is 0 Å². The molecule has 2 saturated carbocycles. The fourth-order valence-corrected chi connectivity index (χ4v) is 4.83. The van der Waals surface area contributed by atoms with Crippen molar-refractivity contribution in [3.63, 3.8) is 0 Å². The average Bonchev–Trinajstić information content (AvgIpc) is 3.26. The van der Waals surface area contributed by atoms with Gasteiger partial charge in [0.1, 0.15) is 5.82 Å². The van der Waals surface area contributed by atoms with Crippen molar-refractivity contribution in [3.8, 4) is 0 Å². The Morgan fingerprint density at radius 2 is 1.52 bits per heavy atom. The van der Waals surface area contributed by atoms with Crippen molar-refractivity contribution in [1.82, 2.24) is 0 Å². The number of amides is 2. The van der Waals surface area contributed by atoms with Gasteiger partial charge in [-0.2, -0.15) is 0 Å². The zero-order valence-electron chi connectivity index (χ0n) is 11.3. The molecule has 5 aliphatic rings. The SMILES string of the molecule is O=C1[C@H]2[C@@H]3C=C[C@H]([C@@H]4C[C@H]34)[C@@H]2C(=O)N1c1ccccc1F. The van der Waals surface area contributed by atoms with E-state index in [1.807, 2.05) is 0 Å². The average molecular weight is 283 g/mol. The summed E-state index contributed by atoms with van der Waals surface area (Å²) in [7, 11) is 0. The number of imide groups is 1. The molecule has 0 aromatic heterocycles. The van der Waals surface area contributed by atoms with Crippen LogP contribution in [-0.4, -0.2) is 11.8 Å². The second-order valence-electron chi connectivity index (χ2n) is 6.62. The fourth-order valence-electron chi connectivity index (χ4n) is 4.83. The predicted molar refractivity (Wildman–Crippen MR) is 73.6 cm³/mol. The van der Waals surface area contributed by atoms with E-state index in [0.29, 0.717) is 11.8 Å². The first-order valence-corrected chi connectivity index (χ1v) is 7.49. The van der Waals surface area contributed by atoms with Crippen LogP contribution in [0.5, 0.6) is 0 Å². The second kappa shape index (κ2) is 3.62. The molecule has 2 bridgehead atoms. The molecule has 1 saturated heterocycles. The Balaban J connectivity index is 1.62. The van der Waals surface area contributed by atoms with Gasteiger partial charge in [0.25, 0.3) is 0 Å². The first kappa shape index (κ1) is 11.7. The third kappa shape index (κ3) is 1.29. The van der Waals surface area contributed by atoms with Crippen LogP contribution in [0.2, 0.25) is 0 Å². The lowest BCUT2D eigenvalue weighted by molar-refractivity contribution is -0.124. The molecule has 4 heteroatoms. The number of anilines is 1. The van der Waals surface area contributed by atoms with Gasteiger partial charge in [-0.05, 0) is 42.2 Å². The third-order valence-corrected chi connectivity index (χ3v) is 5.76. The van der Waals surface area contributed by atoms with Gasteiger partial charge in [-0.15, -0.1) is 0 Å². The summed E-state index contributed by atoms with van der Waals surface area (Å²) in [6, 6.07) is 6.03. The molecule has 0 unspecified atom stereocenters. The molecule has 1 aliphatic heterocycles. The maximum atomic E-state index is 14.0. The minimum atomic E-state index is -0.511. The van der Waals surface area contributed by atoms with E-state index in [0.717, 1.165) is 11.3 Å². The molecule has 1 heterocycles. The quantitative estimate of drug-likeness (QED) is 0.586. The standard InChI is InChI=1S/C17H14FNO2/c18-12-3-1-2-4-13(12)19-16(20)14-8-5-6-9(11-7-10(8)11)15(14)17(19)21/h1-6,8-11,14-15H,7H2/t8-,9-,10-,11+,14+,15+/m1/s1. The fraction of sp³-hybridized carbons (Fsp3) is 0.412. The lowest BCUT2D eigenvalue weighted by Gasteiger charge is -2.37. The Labute approximate surface area is 121 Å². The Hall–Kier alpha value is -1.97. The van der Waals surface area contributed by atoms with E-state index in [-0.39, 0.29) is 41.2 Å². The number of hydrogen-bond donors (Lipinski definition) is 0. The molecular formula is C17H14FNO2. The summed E-state index contributed by atoms with van der Waals surface area (Å²) in [5, 5.41) is 0.